The molecule has 2 aromatic carbocycles. The summed E-state index contributed by atoms with van der Waals surface area (Å²) in [6.45, 7) is 1.98. The standard InChI is InChI=1S/C19H18N2O3S/c1-12-8-9-16(24-3)14(10-12)20-19-21-18(22)17(25-19)11-13-6-4-5-7-15(13)23-2/h4-11H,1-3H3,(H,20,21,22)/b17-11-. The van der Waals surface area contributed by atoms with Crippen LogP contribution in [0.2, 0.25) is 0 Å². The van der Waals surface area contributed by atoms with Crippen LogP contribution in [0.4, 0.5) is 5.69 Å². The fraction of sp³-hybridized carbons (Fsp3) is 0.158. The summed E-state index contributed by atoms with van der Waals surface area (Å²) in [7, 11) is 3.21. The SMILES string of the molecule is COc1ccccc1/C=C1\SC(=Nc2cc(C)ccc2OC)NC1=O. The van der Waals surface area contributed by atoms with Crippen LogP contribution in [-0.4, -0.2) is 25.3 Å². The van der Waals surface area contributed by atoms with Crippen LogP contribution in [0.1, 0.15) is 11.1 Å². The van der Waals surface area contributed by atoms with Crippen LogP contribution in [0.15, 0.2) is 52.4 Å². The Morgan fingerprint density at radius 2 is 1.84 bits per heavy atom. The van der Waals surface area contributed by atoms with Crippen molar-refractivity contribution in [2.75, 3.05) is 14.2 Å². The van der Waals surface area contributed by atoms with Crippen molar-refractivity contribution < 1.29 is 14.3 Å². The summed E-state index contributed by atoms with van der Waals surface area (Å²) in [4.78, 5) is 17.3. The molecule has 0 aromatic heterocycles. The molecule has 1 aliphatic heterocycles. The molecule has 1 amide bonds. The number of hydrogen-bond acceptors (Lipinski definition) is 5. The van der Waals surface area contributed by atoms with Crippen LogP contribution in [0.3, 0.4) is 0 Å². The van der Waals surface area contributed by atoms with Gasteiger partial charge in [-0.2, -0.15) is 0 Å². The molecule has 0 spiro atoms. The van der Waals surface area contributed by atoms with Gasteiger partial charge < -0.3 is 14.8 Å². The molecule has 1 fully saturated rings. The molecule has 2 aromatic rings. The molecular weight excluding hydrogens is 336 g/mol. The number of amides is 1. The normalized spacial score (nSPS) is 17.0. The fourth-order valence-corrected chi connectivity index (χ4v) is 3.23. The summed E-state index contributed by atoms with van der Waals surface area (Å²) in [6, 6.07) is 13.3. The number of nitrogens with zero attached hydrogens (tertiary/aromatic N) is 1. The van der Waals surface area contributed by atoms with E-state index in [1.807, 2.05) is 49.4 Å². The first-order valence-corrected chi connectivity index (χ1v) is 8.49. The van der Waals surface area contributed by atoms with Crippen LogP contribution in [0.5, 0.6) is 11.5 Å². The van der Waals surface area contributed by atoms with Gasteiger partial charge in [-0.1, -0.05) is 24.3 Å². The molecule has 128 valence electrons. The van der Waals surface area contributed by atoms with E-state index in [9.17, 15) is 4.79 Å². The van der Waals surface area contributed by atoms with Crippen molar-refractivity contribution in [1.29, 1.82) is 0 Å². The first-order chi connectivity index (χ1) is 12.1. The molecule has 0 atom stereocenters. The summed E-state index contributed by atoms with van der Waals surface area (Å²) in [5.74, 6) is 1.20. The molecule has 1 aliphatic rings. The van der Waals surface area contributed by atoms with Gasteiger partial charge in [0.2, 0.25) is 0 Å². The molecule has 1 N–H and O–H groups in total. The van der Waals surface area contributed by atoms with E-state index in [1.165, 1.54) is 11.8 Å². The molecule has 0 saturated carbocycles. The number of thioether (sulfide) groups is 1. The second kappa shape index (κ2) is 7.44. The number of ether oxygens (including phenoxy) is 2. The predicted molar refractivity (Wildman–Crippen MR) is 102 cm³/mol. The highest BCUT2D eigenvalue weighted by molar-refractivity contribution is 8.18. The topological polar surface area (TPSA) is 59.9 Å². The molecule has 0 bridgehead atoms. The fourth-order valence-electron chi connectivity index (χ4n) is 2.40. The van der Waals surface area contributed by atoms with Crippen molar-refractivity contribution in [3.8, 4) is 11.5 Å². The lowest BCUT2D eigenvalue weighted by molar-refractivity contribution is -0.115. The van der Waals surface area contributed by atoms with Gasteiger partial charge in [-0.15, -0.1) is 0 Å². The van der Waals surface area contributed by atoms with Gasteiger partial charge in [-0.25, -0.2) is 4.99 Å². The predicted octanol–water partition coefficient (Wildman–Crippen LogP) is 3.90. The highest BCUT2D eigenvalue weighted by Gasteiger charge is 2.24. The summed E-state index contributed by atoms with van der Waals surface area (Å²) in [6.07, 6.45) is 1.80. The Labute approximate surface area is 150 Å². The van der Waals surface area contributed by atoms with E-state index >= 15 is 0 Å². The van der Waals surface area contributed by atoms with Gasteiger partial charge in [-0.05, 0) is 48.5 Å². The molecule has 3 rings (SSSR count). The number of methoxy groups -OCH3 is 2. The number of benzene rings is 2. The van der Waals surface area contributed by atoms with Crippen LogP contribution < -0.4 is 14.8 Å². The molecular formula is C19H18N2O3S. The van der Waals surface area contributed by atoms with Crippen LogP contribution in [0, 0.1) is 6.92 Å². The molecule has 0 radical (unpaired) electrons. The zero-order valence-electron chi connectivity index (χ0n) is 14.2. The molecule has 6 heteroatoms. The van der Waals surface area contributed by atoms with E-state index in [1.54, 1.807) is 20.3 Å². The number of carbonyl (C=O) groups is 1. The first kappa shape index (κ1) is 17.1. The van der Waals surface area contributed by atoms with Crippen LogP contribution in [0.25, 0.3) is 6.08 Å². The van der Waals surface area contributed by atoms with E-state index in [4.69, 9.17) is 9.47 Å². The number of para-hydroxylation sites is 1. The molecule has 5 nitrogen and oxygen atoms in total. The highest BCUT2D eigenvalue weighted by atomic mass is 32.2. The van der Waals surface area contributed by atoms with E-state index in [0.717, 1.165) is 11.1 Å². The van der Waals surface area contributed by atoms with E-state index < -0.39 is 0 Å². The van der Waals surface area contributed by atoms with Crippen molar-refractivity contribution in [2.24, 2.45) is 4.99 Å². The third-order valence-corrected chi connectivity index (χ3v) is 4.54. The first-order valence-electron chi connectivity index (χ1n) is 7.68. The van der Waals surface area contributed by atoms with E-state index in [2.05, 4.69) is 10.3 Å². The van der Waals surface area contributed by atoms with Gasteiger partial charge in [-0.3, -0.25) is 4.79 Å². The number of hydrogen-bond donors (Lipinski definition) is 1. The van der Waals surface area contributed by atoms with Gasteiger partial charge in [0.05, 0.1) is 19.1 Å². The largest absolute Gasteiger partial charge is 0.496 e. The summed E-state index contributed by atoms with van der Waals surface area (Å²) < 4.78 is 10.7. The Morgan fingerprint density at radius 3 is 2.60 bits per heavy atom. The van der Waals surface area contributed by atoms with Gasteiger partial charge in [0, 0.05) is 5.56 Å². The maximum Gasteiger partial charge on any atom is 0.264 e. The lowest BCUT2D eigenvalue weighted by Gasteiger charge is -2.05. The van der Waals surface area contributed by atoms with Crippen molar-refractivity contribution in [1.82, 2.24) is 5.32 Å². The number of nitrogens with one attached hydrogen (secondary N) is 1. The van der Waals surface area contributed by atoms with Gasteiger partial charge in [0.25, 0.3) is 5.91 Å². The molecule has 0 aliphatic carbocycles. The maximum absolute atomic E-state index is 12.2. The minimum Gasteiger partial charge on any atom is -0.496 e. The number of amidine groups is 1. The summed E-state index contributed by atoms with van der Waals surface area (Å²) in [5, 5.41) is 3.31. The smallest absolute Gasteiger partial charge is 0.264 e. The van der Waals surface area contributed by atoms with Gasteiger partial charge in [0.1, 0.15) is 17.2 Å². The minimum atomic E-state index is -0.179. The summed E-state index contributed by atoms with van der Waals surface area (Å²) in [5.41, 5.74) is 2.60. The zero-order chi connectivity index (χ0) is 17.8. The Balaban J connectivity index is 1.90. The minimum absolute atomic E-state index is 0.179. The lowest BCUT2D eigenvalue weighted by Crippen LogP contribution is -2.19. The number of carbonyl (C=O) groups excluding carboxylic acids is 1. The van der Waals surface area contributed by atoms with Crippen molar-refractivity contribution >= 4 is 34.6 Å². The van der Waals surface area contributed by atoms with Crippen molar-refractivity contribution in [2.45, 2.75) is 6.92 Å². The Hall–Kier alpha value is -2.73. The Kier molecular flexibility index (Phi) is 5.09. The second-order valence-electron chi connectivity index (χ2n) is 5.40. The van der Waals surface area contributed by atoms with Crippen LogP contribution >= 0.6 is 11.8 Å². The van der Waals surface area contributed by atoms with Crippen molar-refractivity contribution in [3.63, 3.8) is 0 Å². The van der Waals surface area contributed by atoms with Gasteiger partial charge in [0.15, 0.2) is 5.17 Å². The molecule has 0 unspecified atom stereocenters. The average Bonchev–Trinajstić information content (AvgIpc) is 2.95. The summed E-state index contributed by atoms with van der Waals surface area (Å²) >= 11 is 1.29. The zero-order valence-corrected chi connectivity index (χ0v) is 15.0. The Morgan fingerprint density at radius 1 is 1.08 bits per heavy atom. The molecule has 1 saturated heterocycles. The maximum atomic E-state index is 12.2. The Bertz CT molecular complexity index is 875. The third-order valence-electron chi connectivity index (χ3n) is 3.63. The number of rotatable bonds is 4. The van der Waals surface area contributed by atoms with Crippen molar-refractivity contribution in [3.05, 3.63) is 58.5 Å². The van der Waals surface area contributed by atoms with E-state index in [-0.39, 0.29) is 5.91 Å². The second-order valence-corrected chi connectivity index (χ2v) is 6.43. The third kappa shape index (κ3) is 3.85. The van der Waals surface area contributed by atoms with E-state index in [0.29, 0.717) is 27.3 Å². The number of aliphatic imine (C=N–C) groups is 1. The average molecular weight is 354 g/mol. The van der Waals surface area contributed by atoms with Crippen LogP contribution in [-0.2, 0) is 4.79 Å². The highest BCUT2D eigenvalue weighted by Crippen LogP contribution is 2.33. The lowest BCUT2D eigenvalue weighted by atomic mass is 10.2. The quantitative estimate of drug-likeness (QED) is 0.846. The monoisotopic (exact) mass is 354 g/mol. The molecule has 1 heterocycles. The molecule has 25 heavy (non-hydrogen) atoms. The van der Waals surface area contributed by atoms with Gasteiger partial charge >= 0.3 is 0 Å². The number of aryl methyl sites for hydroxylation is 1.